The molecule has 28 heavy (non-hydrogen) atoms. The molecule has 1 heterocycles. The van der Waals surface area contributed by atoms with Crippen LogP contribution in [0.4, 0.5) is 17.6 Å². The van der Waals surface area contributed by atoms with Crippen LogP contribution < -0.4 is 0 Å². The molecule has 1 aliphatic heterocycles. The van der Waals surface area contributed by atoms with Gasteiger partial charge in [0, 0.05) is 18.6 Å². The predicted molar refractivity (Wildman–Crippen MR) is 92.5 cm³/mol. The van der Waals surface area contributed by atoms with Gasteiger partial charge < -0.3 is 18.9 Å². The Kier molecular flexibility index (Phi) is 7.01. The van der Waals surface area contributed by atoms with Gasteiger partial charge in [0.05, 0.1) is 38.6 Å². The molecule has 0 bridgehead atoms. The molecule has 152 valence electrons. The average molecular weight is 400 g/mol. The number of ether oxygens (including phenoxy) is 4. The van der Waals surface area contributed by atoms with Crippen LogP contribution in [0.1, 0.15) is 11.9 Å². The lowest BCUT2D eigenvalue weighted by atomic mass is 10.0. The van der Waals surface area contributed by atoms with Crippen molar-refractivity contribution in [3.05, 3.63) is 59.2 Å². The standard InChI is InChI=1S/C20H20F4O4/c1-25-4-5-26-9-12-10-27-20(28-11-12)14-7-17(23)19(18(24)8-14)13-2-3-15(21)16(22)6-13/h2-3,6-8,12,20H,4-5,9-11H2,1H3. The lowest BCUT2D eigenvalue weighted by Gasteiger charge is -2.29. The SMILES string of the molecule is COCCOCC1COC(c2cc(F)c(-c3ccc(F)c(F)c3)c(F)c2)OC1. The molecule has 4 nitrogen and oxygen atoms in total. The molecule has 0 atom stereocenters. The number of hydrogen-bond donors (Lipinski definition) is 0. The van der Waals surface area contributed by atoms with Crippen LogP contribution in [-0.2, 0) is 18.9 Å². The van der Waals surface area contributed by atoms with Crippen LogP contribution in [0.2, 0.25) is 0 Å². The first-order valence-electron chi connectivity index (χ1n) is 8.74. The number of halogens is 4. The highest BCUT2D eigenvalue weighted by atomic mass is 19.2. The van der Waals surface area contributed by atoms with E-state index in [1.54, 1.807) is 7.11 Å². The van der Waals surface area contributed by atoms with Crippen molar-refractivity contribution in [2.75, 3.05) is 40.1 Å². The summed E-state index contributed by atoms with van der Waals surface area (Å²) in [5, 5.41) is 0. The molecule has 0 radical (unpaired) electrons. The number of rotatable bonds is 7. The lowest BCUT2D eigenvalue weighted by Crippen LogP contribution is -2.30. The van der Waals surface area contributed by atoms with Gasteiger partial charge in [0.25, 0.3) is 0 Å². The Balaban J connectivity index is 1.67. The van der Waals surface area contributed by atoms with E-state index < -0.39 is 35.1 Å². The van der Waals surface area contributed by atoms with Gasteiger partial charge in [0.15, 0.2) is 17.9 Å². The van der Waals surface area contributed by atoms with Crippen LogP contribution in [0.25, 0.3) is 11.1 Å². The van der Waals surface area contributed by atoms with E-state index in [4.69, 9.17) is 18.9 Å². The fourth-order valence-electron chi connectivity index (χ4n) is 2.88. The first kappa shape index (κ1) is 20.7. The van der Waals surface area contributed by atoms with Crippen LogP contribution in [0.15, 0.2) is 30.3 Å². The van der Waals surface area contributed by atoms with Gasteiger partial charge in [-0.25, -0.2) is 17.6 Å². The van der Waals surface area contributed by atoms with E-state index in [0.29, 0.717) is 33.0 Å². The molecular formula is C20H20F4O4. The van der Waals surface area contributed by atoms with E-state index >= 15 is 0 Å². The summed E-state index contributed by atoms with van der Waals surface area (Å²) >= 11 is 0. The van der Waals surface area contributed by atoms with Gasteiger partial charge >= 0.3 is 0 Å². The maximum Gasteiger partial charge on any atom is 0.184 e. The van der Waals surface area contributed by atoms with Gasteiger partial charge in [0.2, 0.25) is 0 Å². The van der Waals surface area contributed by atoms with E-state index in [-0.39, 0.29) is 17.0 Å². The fraction of sp³-hybridized carbons (Fsp3) is 0.400. The summed E-state index contributed by atoms with van der Waals surface area (Å²) in [6.07, 6.45) is -0.918. The zero-order chi connectivity index (χ0) is 20.1. The third-order valence-corrected chi connectivity index (χ3v) is 4.30. The van der Waals surface area contributed by atoms with Gasteiger partial charge in [-0.05, 0) is 29.8 Å². The second-order valence-electron chi connectivity index (χ2n) is 6.42. The molecule has 0 spiro atoms. The van der Waals surface area contributed by atoms with Crippen molar-refractivity contribution in [2.45, 2.75) is 6.29 Å². The summed E-state index contributed by atoms with van der Waals surface area (Å²) < 4.78 is 76.8. The van der Waals surface area contributed by atoms with E-state index in [9.17, 15) is 17.6 Å². The van der Waals surface area contributed by atoms with Crippen molar-refractivity contribution in [3.8, 4) is 11.1 Å². The molecule has 1 saturated heterocycles. The van der Waals surface area contributed by atoms with Gasteiger partial charge in [-0.15, -0.1) is 0 Å². The molecule has 0 amide bonds. The quantitative estimate of drug-likeness (QED) is 0.515. The normalized spacial score (nSPS) is 19.8. The summed E-state index contributed by atoms with van der Waals surface area (Å²) in [5.41, 5.74) is -0.373. The zero-order valence-corrected chi connectivity index (χ0v) is 15.2. The van der Waals surface area contributed by atoms with Crippen molar-refractivity contribution in [2.24, 2.45) is 5.92 Å². The topological polar surface area (TPSA) is 36.9 Å². The largest absolute Gasteiger partial charge is 0.382 e. The molecule has 1 aliphatic rings. The summed E-state index contributed by atoms with van der Waals surface area (Å²) in [6, 6.07) is 4.82. The van der Waals surface area contributed by atoms with Crippen molar-refractivity contribution < 1.29 is 36.5 Å². The summed E-state index contributed by atoms with van der Waals surface area (Å²) in [5.74, 6) is -4.11. The third-order valence-electron chi connectivity index (χ3n) is 4.30. The molecule has 1 fully saturated rings. The van der Waals surface area contributed by atoms with Crippen LogP contribution in [0, 0.1) is 29.2 Å². The van der Waals surface area contributed by atoms with Gasteiger partial charge in [-0.3, -0.25) is 0 Å². The smallest absolute Gasteiger partial charge is 0.184 e. The van der Waals surface area contributed by atoms with Crippen molar-refractivity contribution in [1.29, 1.82) is 0 Å². The summed E-state index contributed by atoms with van der Waals surface area (Å²) in [4.78, 5) is 0. The molecule has 0 unspecified atom stereocenters. The molecule has 0 saturated carbocycles. The summed E-state index contributed by atoms with van der Waals surface area (Å²) in [7, 11) is 1.58. The minimum atomic E-state index is -1.18. The lowest BCUT2D eigenvalue weighted by molar-refractivity contribution is -0.212. The van der Waals surface area contributed by atoms with Crippen LogP contribution >= 0.6 is 0 Å². The first-order chi connectivity index (χ1) is 13.5. The highest BCUT2D eigenvalue weighted by Crippen LogP contribution is 2.32. The second kappa shape index (κ2) is 9.47. The Labute approximate surface area is 160 Å². The maximum absolute atomic E-state index is 14.5. The molecule has 0 aromatic heterocycles. The van der Waals surface area contributed by atoms with Crippen LogP contribution in [-0.4, -0.2) is 40.1 Å². The Hall–Kier alpha value is -2.00. The molecule has 3 rings (SSSR count). The van der Waals surface area contributed by atoms with E-state index in [0.717, 1.165) is 30.3 Å². The Morgan fingerprint density at radius 2 is 1.57 bits per heavy atom. The first-order valence-corrected chi connectivity index (χ1v) is 8.74. The third kappa shape index (κ3) is 4.88. The molecule has 0 N–H and O–H groups in total. The van der Waals surface area contributed by atoms with E-state index in [1.807, 2.05) is 0 Å². The van der Waals surface area contributed by atoms with Crippen molar-refractivity contribution >= 4 is 0 Å². The minimum Gasteiger partial charge on any atom is -0.382 e. The number of hydrogen-bond acceptors (Lipinski definition) is 4. The Morgan fingerprint density at radius 1 is 0.893 bits per heavy atom. The molecule has 0 aliphatic carbocycles. The maximum atomic E-state index is 14.5. The van der Waals surface area contributed by atoms with Crippen molar-refractivity contribution in [1.82, 2.24) is 0 Å². The predicted octanol–water partition coefficient (Wildman–Crippen LogP) is 4.23. The number of methoxy groups -OCH3 is 1. The van der Waals surface area contributed by atoms with Crippen molar-refractivity contribution in [3.63, 3.8) is 0 Å². The minimum absolute atomic E-state index is 0.00395. The Bertz CT molecular complexity index is 784. The molecule has 8 heteroatoms. The fourth-order valence-corrected chi connectivity index (χ4v) is 2.88. The van der Waals surface area contributed by atoms with Crippen LogP contribution in [0.5, 0.6) is 0 Å². The highest BCUT2D eigenvalue weighted by molar-refractivity contribution is 5.65. The zero-order valence-electron chi connectivity index (χ0n) is 15.2. The van der Waals surface area contributed by atoms with Gasteiger partial charge in [-0.2, -0.15) is 0 Å². The summed E-state index contributed by atoms with van der Waals surface area (Å²) in [6.45, 7) is 1.99. The molecular weight excluding hydrogens is 380 g/mol. The van der Waals surface area contributed by atoms with Gasteiger partial charge in [-0.1, -0.05) is 6.07 Å². The van der Waals surface area contributed by atoms with E-state index in [2.05, 4.69) is 0 Å². The molecule has 2 aromatic carbocycles. The van der Waals surface area contributed by atoms with Gasteiger partial charge in [0.1, 0.15) is 11.6 Å². The highest BCUT2D eigenvalue weighted by Gasteiger charge is 2.26. The Morgan fingerprint density at radius 3 is 2.18 bits per heavy atom. The number of benzene rings is 2. The average Bonchev–Trinajstić information content (AvgIpc) is 2.68. The molecule has 2 aromatic rings. The van der Waals surface area contributed by atoms with E-state index in [1.165, 1.54) is 0 Å². The monoisotopic (exact) mass is 400 g/mol. The second-order valence-corrected chi connectivity index (χ2v) is 6.42. The van der Waals surface area contributed by atoms with Crippen LogP contribution in [0.3, 0.4) is 0 Å².